The van der Waals surface area contributed by atoms with Gasteiger partial charge in [-0.25, -0.2) is 17.5 Å². The lowest BCUT2D eigenvalue weighted by molar-refractivity contribution is 0.240. The minimum Gasteiger partial charge on any atom is -0.399 e. The number of nitrogens with one attached hydrogen (secondary N) is 1. The number of sulfonamides is 1. The number of carbonyl (C=O) groups excluding carboxylic acids is 1. The van der Waals surface area contributed by atoms with Gasteiger partial charge in [-0.05, 0) is 18.2 Å². The van der Waals surface area contributed by atoms with E-state index in [1.807, 2.05) is 0 Å². The van der Waals surface area contributed by atoms with E-state index < -0.39 is 16.1 Å². The number of fused-ring (bicyclic) bond motifs is 1. The van der Waals surface area contributed by atoms with Crippen molar-refractivity contribution in [3.05, 3.63) is 18.2 Å². The zero-order valence-electron chi connectivity index (χ0n) is 7.89. The Morgan fingerprint density at radius 2 is 2.07 bits per heavy atom. The van der Waals surface area contributed by atoms with Gasteiger partial charge in [0.15, 0.2) is 0 Å². The summed E-state index contributed by atoms with van der Waals surface area (Å²) in [6.07, 6.45) is 0. The zero-order chi connectivity index (χ0) is 11.2. The van der Waals surface area contributed by atoms with E-state index in [1.54, 1.807) is 0 Å². The smallest absolute Gasteiger partial charge is 0.335 e. The number of carbonyl (C=O) groups is 1. The van der Waals surface area contributed by atoms with Gasteiger partial charge in [-0.1, -0.05) is 0 Å². The second-order valence-electron chi connectivity index (χ2n) is 3.16. The van der Waals surface area contributed by atoms with Gasteiger partial charge in [0.05, 0.1) is 5.69 Å². The summed E-state index contributed by atoms with van der Waals surface area (Å²) in [4.78, 5) is 11.3. The van der Waals surface area contributed by atoms with Gasteiger partial charge < -0.3 is 11.1 Å². The van der Waals surface area contributed by atoms with Gasteiger partial charge in [0.25, 0.3) is 10.0 Å². The topological polar surface area (TPSA) is 92.5 Å². The summed E-state index contributed by atoms with van der Waals surface area (Å²) in [6, 6.07) is 3.64. The van der Waals surface area contributed by atoms with Crippen molar-refractivity contribution >= 4 is 27.4 Å². The molecule has 7 heteroatoms. The lowest BCUT2D eigenvalue weighted by atomic mass is 10.3. The molecule has 1 aliphatic heterocycles. The average molecular weight is 227 g/mol. The van der Waals surface area contributed by atoms with Crippen LogP contribution in [0.1, 0.15) is 0 Å². The normalized spacial score (nSPS) is 18.2. The molecule has 2 rings (SSSR count). The number of amides is 2. The standard InChI is InChI=1S/C8H9N3O3S/c1-11-8(12)10-6-3-2-5(9)4-7(6)15(11,13)14/h2-4H,9H2,1H3,(H,10,12). The summed E-state index contributed by atoms with van der Waals surface area (Å²) in [5.74, 6) is 0. The molecule has 0 bridgehead atoms. The number of anilines is 2. The first-order chi connectivity index (χ1) is 6.93. The first-order valence-corrected chi connectivity index (χ1v) is 5.56. The number of benzene rings is 1. The summed E-state index contributed by atoms with van der Waals surface area (Å²) >= 11 is 0. The Morgan fingerprint density at radius 3 is 2.73 bits per heavy atom. The van der Waals surface area contributed by atoms with E-state index in [1.165, 1.54) is 25.2 Å². The summed E-state index contributed by atoms with van der Waals surface area (Å²) in [6.45, 7) is 0. The fourth-order valence-electron chi connectivity index (χ4n) is 1.31. The van der Waals surface area contributed by atoms with E-state index >= 15 is 0 Å². The van der Waals surface area contributed by atoms with Crippen LogP contribution < -0.4 is 11.1 Å². The molecule has 2 amide bonds. The third-order valence-corrected chi connectivity index (χ3v) is 3.95. The molecular formula is C8H9N3O3S. The molecule has 3 N–H and O–H groups in total. The van der Waals surface area contributed by atoms with Crippen LogP contribution in [0.3, 0.4) is 0 Å². The summed E-state index contributed by atoms with van der Waals surface area (Å²) in [5, 5.41) is 2.44. The molecule has 0 saturated carbocycles. The minimum absolute atomic E-state index is 0.0181. The van der Waals surface area contributed by atoms with Crippen molar-refractivity contribution in [2.45, 2.75) is 4.90 Å². The van der Waals surface area contributed by atoms with Crippen molar-refractivity contribution in [1.82, 2.24) is 4.31 Å². The average Bonchev–Trinajstić information content (AvgIpc) is 2.17. The second-order valence-corrected chi connectivity index (χ2v) is 5.10. The maximum absolute atomic E-state index is 11.8. The largest absolute Gasteiger partial charge is 0.399 e. The number of rotatable bonds is 0. The molecule has 0 aromatic heterocycles. The minimum atomic E-state index is -3.75. The van der Waals surface area contributed by atoms with Crippen LogP contribution in [0.5, 0.6) is 0 Å². The predicted molar refractivity (Wildman–Crippen MR) is 54.8 cm³/mol. The number of urea groups is 1. The fraction of sp³-hybridized carbons (Fsp3) is 0.125. The van der Waals surface area contributed by atoms with E-state index in [9.17, 15) is 13.2 Å². The number of nitrogen functional groups attached to an aromatic ring is 1. The zero-order valence-corrected chi connectivity index (χ0v) is 8.71. The Labute approximate surface area is 86.7 Å². The highest BCUT2D eigenvalue weighted by Gasteiger charge is 2.33. The highest BCUT2D eigenvalue weighted by atomic mass is 32.2. The van der Waals surface area contributed by atoms with Crippen molar-refractivity contribution < 1.29 is 13.2 Å². The van der Waals surface area contributed by atoms with E-state index in [0.717, 1.165) is 0 Å². The molecule has 0 aliphatic carbocycles. The first-order valence-electron chi connectivity index (χ1n) is 4.12. The lowest BCUT2D eigenvalue weighted by Gasteiger charge is -2.25. The maximum Gasteiger partial charge on any atom is 0.335 e. The van der Waals surface area contributed by atoms with Crippen LogP contribution in [0.4, 0.5) is 16.2 Å². The third kappa shape index (κ3) is 1.32. The van der Waals surface area contributed by atoms with E-state index in [0.29, 0.717) is 9.99 Å². The van der Waals surface area contributed by atoms with Crippen LogP contribution in [-0.4, -0.2) is 25.8 Å². The van der Waals surface area contributed by atoms with Gasteiger partial charge in [-0.2, -0.15) is 0 Å². The summed E-state index contributed by atoms with van der Waals surface area (Å²) in [5.41, 5.74) is 6.08. The number of nitrogens with zero attached hydrogens (tertiary/aromatic N) is 1. The molecule has 15 heavy (non-hydrogen) atoms. The van der Waals surface area contributed by atoms with Crippen molar-refractivity contribution in [3.63, 3.8) is 0 Å². The SMILES string of the molecule is CN1C(=O)Nc2ccc(N)cc2S1(=O)=O. The second kappa shape index (κ2) is 2.86. The van der Waals surface area contributed by atoms with Crippen LogP contribution >= 0.6 is 0 Å². The van der Waals surface area contributed by atoms with Gasteiger partial charge in [-0.15, -0.1) is 0 Å². The molecule has 0 unspecified atom stereocenters. The van der Waals surface area contributed by atoms with Crippen molar-refractivity contribution in [2.75, 3.05) is 18.1 Å². The molecule has 0 fully saturated rings. The highest BCUT2D eigenvalue weighted by molar-refractivity contribution is 7.90. The van der Waals surface area contributed by atoms with Crippen molar-refractivity contribution in [2.24, 2.45) is 0 Å². The van der Waals surface area contributed by atoms with Crippen LogP contribution in [-0.2, 0) is 10.0 Å². The monoisotopic (exact) mass is 227 g/mol. The van der Waals surface area contributed by atoms with Crippen molar-refractivity contribution in [1.29, 1.82) is 0 Å². The molecule has 1 aromatic rings. The maximum atomic E-state index is 11.8. The Bertz CT molecular complexity index is 538. The molecule has 0 atom stereocenters. The van der Waals surface area contributed by atoms with Gasteiger partial charge in [0.2, 0.25) is 0 Å². The van der Waals surface area contributed by atoms with Crippen LogP contribution in [0, 0.1) is 0 Å². The van der Waals surface area contributed by atoms with Gasteiger partial charge in [0, 0.05) is 12.7 Å². The molecule has 0 spiro atoms. The van der Waals surface area contributed by atoms with E-state index in [2.05, 4.69) is 5.32 Å². The number of hydrogen-bond donors (Lipinski definition) is 2. The fourth-order valence-corrected chi connectivity index (χ4v) is 2.55. The molecule has 0 radical (unpaired) electrons. The Kier molecular flexibility index (Phi) is 1.87. The lowest BCUT2D eigenvalue weighted by Crippen LogP contribution is -2.41. The molecular weight excluding hydrogens is 218 g/mol. The molecule has 80 valence electrons. The molecule has 1 aliphatic rings. The Balaban J connectivity index is 2.73. The Hall–Kier alpha value is -1.76. The van der Waals surface area contributed by atoms with E-state index in [-0.39, 0.29) is 10.6 Å². The number of nitrogens with two attached hydrogens (primary N) is 1. The quantitative estimate of drug-likeness (QED) is 0.629. The van der Waals surface area contributed by atoms with E-state index in [4.69, 9.17) is 5.73 Å². The summed E-state index contributed by atoms with van der Waals surface area (Å²) < 4.78 is 24.2. The van der Waals surface area contributed by atoms with Crippen LogP contribution in [0.15, 0.2) is 23.1 Å². The third-order valence-electron chi connectivity index (χ3n) is 2.17. The Morgan fingerprint density at radius 1 is 1.40 bits per heavy atom. The molecule has 0 saturated heterocycles. The number of hydrogen-bond acceptors (Lipinski definition) is 4. The first kappa shape index (κ1) is 9.78. The summed E-state index contributed by atoms with van der Waals surface area (Å²) in [7, 11) is -2.56. The van der Waals surface area contributed by atoms with Crippen LogP contribution in [0.25, 0.3) is 0 Å². The van der Waals surface area contributed by atoms with Gasteiger partial charge in [0.1, 0.15) is 4.90 Å². The predicted octanol–water partition coefficient (Wildman–Crippen LogP) is 0.435. The van der Waals surface area contributed by atoms with Gasteiger partial charge >= 0.3 is 6.03 Å². The molecule has 6 nitrogen and oxygen atoms in total. The van der Waals surface area contributed by atoms with Gasteiger partial charge in [-0.3, -0.25) is 0 Å². The van der Waals surface area contributed by atoms with Crippen molar-refractivity contribution in [3.8, 4) is 0 Å². The molecule has 1 heterocycles. The molecule has 1 aromatic carbocycles. The highest BCUT2D eigenvalue weighted by Crippen LogP contribution is 2.30. The van der Waals surface area contributed by atoms with Crippen LogP contribution in [0.2, 0.25) is 0 Å².